The number of nitrogens with two attached hydrogens (primary N) is 1. The molecule has 0 saturated heterocycles. The number of hydrogen-bond donors (Lipinski definition) is 2. The number of aromatic nitrogens is 3. The number of benzene rings is 1. The lowest BCUT2D eigenvalue weighted by Gasteiger charge is -2.08. The zero-order chi connectivity index (χ0) is 16.1. The van der Waals surface area contributed by atoms with Crippen LogP contribution in [0.2, 0.25) is 0 Å². The number of carbonyl (C=O) groups is 1. The van der Waals surface area contributed by atoms with Crippen molar-refractivity contribution in [2.75, 3.05) is 11.1 Å². The van der Waals surface area contributed by atoms with E-state index in [2.05, 4.69) is 20.3 Å². The summed E-state index contributed by atoms with van der Waals surface area (Å²) < 4.78 is 5.52. The van der Waals surface area contributed by atoms with Crippen molar-refractivity contribution < 1.29 is 9.53 Å². The Morgan fingerprint density at radius 1 is 1.13 bits per heavy atom. The van der Waals surface area contributed by atoms with Gasteiger partial charge in [-0.1, -0.05) is 6.07 Å². The van der Waals surface area contributed by atoms with Gasteiger partial charge in [0.2, 0.25) is 5.88 Å². The highest BCUT2D eigenvalue weighted by atomic mass is 16.5. The van der Waals surface area contributed by atoms with Crippen molar-refractivity contribution in [3.05, 3.63) is 66.9 Å². The van der Waals surface area contributed by atoms with Crippen LogP contribution in [0.3, 0.4) is 0 Å². The summed E-state index contributed by atoms with van der Waals surface area (Å²) in [7, 11) is 0. The standard InChI is InChI=1S/C16H13N5O2/c17-12-3-1-2-11(6-12)16(22)21-13-4-5-20-15(7-13)23-14-8-18-10-19-9-14/h1-10H,17H2,(H,20,21,22). The normalized spacial score (nSPS) is 10.1. The molecule has 0 aliphatic carbocycles. The molecule has 3 aromatic rings. The Hall–Kier alpha value is -3.48. The number of hydrogen-bond acceptors (Lipinski definition) is 6. The molecule has 7 heteroatoms. The van der Waals surface area contributed by atoms with Crippen molar-refractivity contribution in [2.24, 2.45) is 0 Å². The van der Waals surface area contributed by atoms with Crippen LogP contribution in [-0.2, 0) is 0 Å². The third kappa shape index (κ3) is 3.79. The molecule has 0 spiro atoms. The van der Waals surface area contributed by atoms with E-state index in [0.29, 0.717) is 28.6 Å². The van der Waals surface area contributed by atoms with Crippen LogP contribution in [0.4, 0.5) is 11.4 Å². The third-order valence-corrected chi connectivity index (χ3v) is 2.90. The first-order valence-corrected chi connectivity index (χ1v) is 6.76. The maximum atomic E-state index is 12.2. The van der Waals surface area contributed by atoms with E-state index >= 15 is 0 Å². The van der Waals surface area contributed by atoms with Gasteiger partial charge in [-0.15, -0.1) is 0 Å². The number of nitrogens with one attached hydrogen (secondary N) is 1. The minimum atomic E-state index is -0.266. The van der Waals surface area contributed by atoms with Gasteiger partial charge in [-0.3, -0.25) is 4.79 Å². The van der Waals surface area contributed by atoms with E-state index in [1.165, 1.54) is 24.9 Å². The van der Waals surface area contributed by atoms with Crippen molar-refractivity contribution in [1.29, 1.82) is 0 Å². The molecule has 0 aliphatic rings. The van der Waals surface area contributed by atoms with Gasteiger partial charge in [0, 0.05) is 29.2 Å². The predicted octanol–water partition coefficient (Wildman–Crippen LogP) is 2.50. The topological polar surface area (TPSA) is 103 Å². The first-order chi connectivity index (χ1) is 11.2. The molecule has 1 aromatic carbocycles. The number of nitrogens with zero attached hydrogens (tertiary/aromatic N) is 3. The molecule has 1 amide bonds. The van der Waals surface area contributed by atoms with Crippen LogP contribution >= 0.6 is 0 Å². The van der Waals surface area contributed by atoms with Gasteiger partial charge in [0.25, 0.3) is 5.91 Å². The molecule has 23 heavy (non-hydrogen) atoms. The second-order valence-corrected chi connectivity index (χ2v) is 4.64. The van der Waals surface area contributed by atoms with Crippen LogP contribution in [0.1, 0.15) is 10.4 Å². The first kappa shape index (κ1) is 14.5. The highest BCUT2D eigenvalue weighted by Crippen LogP contribution is 2.20. The lowest BCUT2D eigenvalue weighted by atomic mass is 10.2. The fourth-order valence-electron chi connectivity index (χ4n) is 1.89. The van der Waals surface area contributed by atoms with Gasteiger partial charge in [0.15, 0.2) is 5.75 Å². The Morgan fingerprint density at radius 2 is 1.96 bits per heavy atom. The van der Waals surface area contributed by atoms with E-state index in [-0.39, 0.29) is 5.91 Å². The molecule has 0 atom stereocenters. The number of nitrogen functional groups attached to an aromatic ring is 1. The Labute approximate surface area is 132 Å². The van der Waals surface area contributed by atoms with Crippen molar-refractivity contribution in [3.63, 3.8) is 0 Å². The summed E-state index contributed by atoms with van der Waals surface area (Å²) >= 11 is 0. The molecule has 114 valence electrons. The summed E-state index contributed by atoms with van der Waals surface area (Å²) in [6.07, 6.45) is 5.98. The number of amides is 1. The Morgan fingerprint density at radius 3 is 2.74 bits per heavy atom. The molecule has 0 unspecified atom stereocenters. The molecule has 0 aliphatic heterocycles. The Kier molecular flexibility index (Phi) is 4.10. The van der Waals surface area contributed by atoms with Gasteiger partial charge < -0.3 is 15.8 Å². The second-order valence-electron chi connectivity index (χ2n) is 4.64. The SMILES string of the molecule is Nc1cccc(C(=O)Nc2ccnc(Oc3cncnc3)c2)c1. The number of ether oxygens (including phenoxy) is 1. The minimum absolute atomic E-state index is 0.266. The predicted molar refractivity (Wildman–Crippen MR) is 85.2 cm³/mol. The van der Waals surface area contributed by atoms with Gasteiger partial charge in [-0.05, 0) is 24.3 Å². The minimum Gasteiger partial charge on any atom is -0.436 e. The second kappa shape index (κ2) is 6.52. The summed E-state index contributed by atoms with van der Waals surface area (Å²) in [5, 5.41) is 2.77. The molecular weight excluding hydrogens is 294 g/mol. The summed E-state index contributed by atoms with van der Waals surface area (Å²) in [4.78, 5) is 24.0. The zero-order valence-electron chi connectivity index (χ0n) is 12.0. The zero-order valence-corrected chi connectivity index (χ0v) is 12.0. The van der Waals surface area contributed by atoms with Crippen molar-refractivity contribution >= 4 is 17.3 Å². The van der Waals surface area contributed by atoms with Crippen LogP contribution in [0.15, 0.2) is 61.3 Å². The fraction of sp³-hybridized carbons (Fsp3) is 0. The third-order valence-electron chi connectivity index (χ3n) is 2.90. The lowest BCUT2D eigenvalue weighted by molar-refractivity contribution is 0.102. The first-order valence-electron chi connectivity index (χ1n) is 6.76. The van der Waals surface area contributed by atoms with E-state index in [9.17, 15) is 4.79 Å². The molecule has 0 fully saturated rings. The van der Waals surface area contributed by atoms with Gasteiger partial charge in [0.1, 0.15) is 6.33 Å². The van der Waals surface area contributed by atoms with Crippen molar-refractivity contribution in [3.8, 4) is 11.6 Å². The number of carbonyl (C=O) groups excluding carboxylic acids is 1. The molecular formula is C16H13N5O2. The van der Waals surface area contributed by atoms with E-state index in [1.807, 2.05) is 0 Å². The molecule has 0 saturated carbocycles. The molecule has 0 bridgehead atoms. The summed E-state index contributed by atoms with van der Waals surface area (Å²) in [6.45, 7) is 0. The fourth-order valence-corrected chi connectivity index (χ4v) is 1.89. The average Bonchev–Trinajstić information content (AvgIpc) is 2.56. The smallest absolute Gasteiger partial charge is 0.255 e. The van der Waals surface area contributed by atoms with E-state index < -0.39 is 0 Å². The van der Waals surface area contributed by atoms with Crippen molar-refractivity contribution in [2.45, 2.75) is 0 Å². The van der Waals surface area contributed by atoms with Crippen LogP contribution in [0, 0.1) is 0 Å². The Bertz CT molecular complexity index is 823. The van der Waals surface area contributed by atoms with Crippen LogP contribution < -0.4 is 15.8 Å². The van der Waals surface area contributed by atoms with Gasteiger partial charge in [0.05, 0.1) is 12.4 Å². The van der Waals surface area contributed by atoms with E-state index in [4.69, 9.17) is 10.5 Å². The molecule has 2 aromatic heterocycles. The molecule has 2 heterocycles. The quantitative estimate of drug-likeness (QED) is 0.718. The molecule has 3 N–H and O–H groups in total. The highest BCUT2D eigenvalue weighted by Gasteiger charge is 2.08. The number of rotatable bonds is 4. The maximum Gasteiger partial charge on any atom is 0.255 e. The summed E-state index contributed by atoms with van der Waals surface area (Å²) in [5.41, 5.74) is 7.23. The molecule has 7 nitrogen and oxygen atoms in total. The average molecular weight is 307 g/mol. The van der Waals surface area contributed by atoms with Crippen LogP contribution in [0.5, 0.6) is 11.6 Å². The largest absolute Gasteiger partial charge is 0.436 e. The van der Waals surface area contributed by atoms with E-state index in [0.717, 1.165) is 0 Å². The van der Waals surface area contributed by atoms with Gasteiger partial charge >= 0.3 is 0 Å². The number of anilines is 2. The lowest BCUT2D eigenvalue weighted by Crippen LogP contribution is -2.12. The number of pyridine rings is 1. The van der Waals surface area contributed by atoms with Crippen LogP contribution in [0.25, 0.3) is 0 Å². The maximum absolute atomic E-state index is 12.2. The summed E-state index contributed by atoms with van der Waals surface area (Å²) in [6, 6.07) is 10.0. The monoisotopic (exact) mass is 307 g/mol. The summed E-state index contributed by atoms with van der Waals surface area (Å²) in [5.74, 6) is 0.516. The van der Waals surface area contributed by atoms with Crippen molar-refractivity contribution in [1.82, 2.24) is 15.0 Å². The molecule has 0 radical (unpaired) electrons. The Balaban J connectivity index is 1.74. The molecule has 3 rings (SSSR count). The van der Waals surface area contributed by atoms with Gasteiger partial charge in [-0.25, -0.2) is 15.0 Å². The van der Waals surface area contributed by atoms with Crippen LogP contribution in [-0.4, -0.2) is 20.9 Å². The highest BCUT2D eigenvalue weighted by molar-refractivity contribution is 6.04. The van der Waals surface area contributed by atoms with Gasteiger partial charge in [-0.2, -0.15) is 0 Å². The van der Waals surface area contributed by atoms with E-state index in [1.54, 1.807) is 36.4 Å².